The van der Waals surface area contributed by atoms with Gasteiger partial charge in [-0.05, 0) is 13.3 Å². The Bertz CT molecular complexity index is 237. The number of carbonyl (C=O) groups is 2. The Hall–Kier alpha value is -0.900. The van der Waals surface area contributed by atoms with Gasteiger partial charge >= 0.3 is 5.97 Å². The molecule has 1 aliphatic heterocycles. The largest absolute Gasteiger partial charge is 0.459 e. The molecule has 0 N–H and O–H groups in total. The van der Waals surface area contributed by atoms with Crippen LogP contribution in [0.2, 0.25) is 0 Å². The molecule has 1 fully saturated rings. The molecule has 1 heterocycles. The predicted octanol–water partition coefficient (Wildman–Crippen LogP) is 1.32. The molecule has 2 atom stereocenters. The summed E-state index contributed by atoms with van der Waals surface area (Å²) >= 11 is 0. The van der Waals surface area contributed by atoms with Gasteiger partial charge in [-0.3, -0.25) is 9.59 Å². The summed E-state index contributed by atoms with van der Waals surface area (Å²) in [5.41, 5.74) is 0. The SMILES string of the molecule is CCCCOC[C@@H]1C[C@@H](C(C)=O)C(=O)O1. The van der Waals surface area contributed by atoms with Crippen molar-refractivity contribution < 1.29 is 19.1 Å². The van der Waals surface area contributed by atoms with Gasteiger partial charge in [0.15, 0.2) is 0 Å². The smallest absolute Gasteiger partial charge is 0.316 e. The molecule has 4 nitrogen and oxygen atoms in total. The van der Waals surface area contributed by atoms with E-state index in [1.807, 2.05) is 0 Å². The Morgan fingerprint density at radius 1 is 1.60 bits per heavy atom. The Kier molecular flexibility index (Phi) is 4.75. The highest BCUT2D eigenvalue weighted by molar-refractivity contribution is 5.98. The molecule has 4 heteroatoms. The number of hydrogen-bond acceptors (Lipinski definition) is 4. The first kappa shape index (κ1) is 12.2. The van der Waals surface area contributed by atoms with Crippen LogP contribution in [0.5, 0.6) is 0 Å². The van der Waals surface area contributed by atoms with Gasteiger partial charge in [0.25, 0.3) is 0 Å². The molecule has 86 valence electrons. The van der Waals surface area contributed by atoms with Crippen LogP contribution in [0.25, 0.3) is 0 Å². The van der Waals surface area contributed by atoms with Crippen molar-refractivity contribution >= 4 is 11.8 Å². The average Bonchev–Trinajstić information content (AvgIpc) is 2.55. The van der Waals surface area contributed by atoms with Crippen LogP contribution in [-0.2, 0) is 19.1 Å². The van der Waals surface area contributed by atoms with Gasteiger partial charge in [-0.2, -0.15) is 0 Å². The third kappa shape index (κ3) is 3.63. The van der Waals surface area contributed by atoms with Crippen molar-refractivity contribution in [2.24, 2.45) is 5.92 Å². The molecule has 0 radical (unpaired) electrons. The highest BCUT2D eigenvalue weighted by atomic mass is 16.6. The summed E-state index contributed by atoms with van der Waals surface area (Å²) in [7, 11) is 0. The first-order chi connectivity index (χ1) is 7.15. The van der Waals surface area contributed by atoms with Gasteiger partial charge in [0.05, 0.1) is 6.61 Å². The third-order valence-corrected chi connectivity index (χ3v) is 2.50. The molecule has 0 aromatic rings. The number of rotatable bonds is 6. The molecule has 0 bridgehead atoms. The monoisotopic (exact) mass is 214 g/mol. The van der Waals surface area contributed by atoms with Crippen molar-refractivity contribution in [3.8, 4) is 0 Å². The molecule has 1 saturated heterocycles. The third-order valence-electron chi connectivity index (χ3n) is 2.50. The van der Waals surface area contributed by atoms with Crippen LogP contribution in [0.1, 0.15) is 33.1 Å². The number of cyclic esters (lactones) is 1. The minimum Gasteiger partial charge on any atom is -0.459 e. The predicted molar refractivity (Wildman–Crippen MR) is 54.4 cm³/mol. The first-order valence-corrected chi connectivity index (χ1v) is 5.43. The summed E-state index contributed by atoms with van der Waals surface area (Å²) in [6.45, 7) is 4.61. The lowest BCUT2D eigenvalue weighted by atomic mass is 10.0. The molecule has 1 aliphatic rings. The molecule has 1 rings (SSSR count). The van der Waals surface area contributed by atoms with Crippen molar-refractivity contribution in [1.82, 2.24) is 0 Å². The number of Topliss-reactive ketones (excluding diaryl/α,β-unsaturated/α-hetero) is 1. The minimum absolute atomic E-state index is 0.115. The van der Waals surface area contributed by atoms with Gasteiger partial charge in [0.2, 0.25) is 0 Å². The molecule has 0 aromatic heterocycles. The van der Waals surface area contributed by atoms with Gasteiger partial charge < -0.3 is 9.47 Å². The number of unbranched alkanes of at least 4 members (excludes halogenated alkanes) is 1. The van der Waals surface area contributed by atoms with Gasteiger partial charge in [-0.1, -0.05) is 13.3 Å². The lowest BCUT2D eigenvalue weighted by Crippen LogP contribution is -2.16. The fourth-order valence-corrected chi connectivity index (χ4v) is 1.55. The van der Waals surface area contributed by atoms with Crippen molar-refractivity contribution in [3.05, 3.63) is 0 Å². The molecule has 0 spiro atoms. The lowest BCUT2D eigenvalue weighted by Gasteiger charge is -2.08. The van der Waals surface area contributed by atoms with E-state index in [2.05, 4.69) is 6.92 Å². The summed E-state index contributed by atoms with van der Waals surface area (Å²) in [5, 5.41) is 0. The lowest BCUT2D eigenvalue weighted by molar-refractivity contribution is -0.148. The fourth-order valence-electron chi connectivity index (χ4n) is 1.55. The number of ether oxygens (including phenoxy) is 2. The van der Waals surface area contributed by atoms with Crippen LogP contribution in [0.15, 0.2) is 0 Å². The number of hydrogen-bond donors (Lipinski definition) is 0. The summed E-state index contributed by atoms with van der Waals surface area (Å²) < 4.78 is 10.4. The second-order valence-corrected chi connectivity index (χ2v) is 3.89. The maximum absolute atomic E-state index is 11.2. The van der Waals surface area contributed by atoms with Crippen molar-refractivity contribution in [2.75, 3.05) is 13.2 Å². The van der Waals surface area contributed by atoms with Gasteiger partial charge in [-0.25, -0.2) is 0 Å². The normalized spacial score (nSPS) is 25.3. The van der Waals surface area contributed by atoms with Gasteiger partial charge in [0, 0.05) is 13.0 Å². The topological polar surface area (TPSA) is 52.6 Å². The van der Waals surface area contributed by atoms with E-state index < -0.39 is 11.9 Å². The van der Waals surface area contributed by atoms with E-state index in [9.17, 15) is 9.59 Å². The zero-order valence-corrected chi connectivity index (χ0v) is 9.32. The molecule has 0 amide bonds. The zero-order chi connectivity index (χ0) is 11.3. The zero-order valence-electron chi connectivity index (χ0n) is 9.32. The molecule has 0 aliphatic carbocycles. The fraction of sp³-hybridized carbons (Fsp3) is 0.818. The Labute approximate surface area is 89.9 Å². The second kappa shape index (κ2) is 5.85. The van der Waals surface area contributed by atoms with Crippen molar-refractivity contribution in [3.63, 3.8) is 0 Å². The number of carbonyl (C=O) groups excluding carboxylic acids is 2. The van der Waals surface area contributed by atoms with E-state index in [1.165, 1.54) is 6.92 Å². The summed E-state index contributed by atoms with van der Waals surface area (Å²) in [4.78, 5) is 22.3. The van der Waals surface area contributed by atoms with Crippen LogP contribution in [0, 0.1) is 5.92 Å². The summed E-state index contributed by atoms with van der Waals surface area (Å²) in [6, 6.07) is 0. The highest BCUT2D eigenvalue weighted by Gasteiger charge is 2.37. The summed E-state index contributed by atoms with van der Waals surface area (Å²) in [5.74, 6) is -1.08. The number of ketones is 1. The van der Waals surface area contributed by atoms with Crippen molar-refractivity contribution in [1.29, 1.82) is 0 Å². The van der Waals surface area contributed by atoms with E-state index >= 15 is 0 Å². The number of esters is 1. The van der Waals surface area contributed by atoms with E-state index in [0.29, 0.717) is 19.6 Å². The average molecular weight is 214 g/mol. The van der Waals surface area contributed by atoms with Crippen molar-refractivity contribution in [2.45, 2.75) is 39.2 Å². The van der Waals surface area contributed by atoms with Crippen LogP contribution >= 0.6 is 0 Å². The maximum Gasteiger partial charge on any atom is 0.316 e. The Morgan fingerprint density at radius 3 is 2.87 bits per heavy atom. The summed E-state index contributed by atoms with van der Waals surface area (Å²) in [6.07, 6.45) is 2.33. The van der Waals surface area contributed by atoms with E-state index in [4.69, 9.17) is 9.47 Å². The molecule has 15 heavy (non-hydrogen) atoms. The molecule has 0 aromatic carbocycles. The van der Waals surface area contributed by atoms with E-state index in [1.54, 1.807) is 0 Å². The first-order valence-electron chi connectivity index (χ1n) is 5.43. The van der Waals surface area contributed by atoms with E-state index in [-0.39, 0.29) is 11.9 Å². The molecular weight excluding hydrogens is 196 g/mol. The second-order valence-electron chi connectivity index (χ2n) is 3.89. The maximum atomic E-state index is 11.2. The van der Waals surface area contributed by atoms with Gasteiger partial charge in [0.1, 0.15) is 17.8 Å². The molecule has 0 unspecified atom stereocenters. The minimum atomic E-state index is -0.565. The van der Waals surface area contributed by atoms with E-state index in [0.717, 1.165) is 12.8 Å². The van der Waals surface area contributed by atoms with Crippen LogP contribution < -0.4 is 0 Å². The Morgan fingerprint density at radius 2 is 2.33 bits per heavy atom. The van der Waals surface area contributed by atoms with Crippen LogP contribution in [0.3, 0.4) is 0 Å². The molecule has 0 saturated carbocycles. The molecular formula is C11H18O4. The van der Waals surface area contributed by atoms with Crippen LogP contribution in [-0.4, -0.2) is 31.1 Å². The van der Waals surface area contributed by atoms with Gasteiger partial charge in [-0.15, -0.1) is 0 Å². The highest BCUT2D eigenvalue weighted by Crippen LogP contribution is 2.22. The Balaban J connectivity index is 2.23. The quantitative estimate of drug-likeness (QED) is 0.380. The standard InChI is InChI=1S/C11H18O4/c1-3-4-5-14-7-9-6-10(8(2)12)11(13)15-9/h9-10H,3-7H2,1-2H3/t9-,10-/m0/s1. The van der Waals surface area contributed by atoms with Crippen LogP contribution in [0.4, 0.5) is 0 Å².